The van der Waals surface area contributed by atoms with Crippen LogP contribution in [0.5, 0.6) is 5.75 Å². The fourth-order valence-corrected chi connectivity index (χ4v) is 3.11. The van der Waals surface area contributed by atoms with Gasteiger partial charge >= 0.3 is 0 Å². The number of hydrogen-bond acceptors (Lipinski definition) is 3. The summed E-state index contributed by atoms with van der Waals surface area (Å²) in [5, 5.41) is 13.0. The van der Waals surface area contributed by atoms with Crippen molar-refractivity contribution in [1.29, 1.82) is 0 Å². The summed E-state index contributed by atoms with van der Waals surface area (Å²) >= 11 is 0. The fourth-order valence-electron chi connectivity index (χ4n) is 3.11. The van der Waals surface area contributed by atoms with Crippen molar-refractivity contribution in [3.63, 3.8) is 0 Å². The molecular formula is C15H23NO2. The van der Waals surface area contributed by atoms with E-state index < -0.39 is 0 Å². The van der Waals surface area contributed by atoms with Crippen LogP contribution >= 0.6 is 0 Å². The molecule has 1 aliphatic rings. The zero-order valence-corrected chi connectivity index (χ0v) is 11.5. The zero-order chi connectivity index (χ0) is 13.2. The van der Waals surface area contributed by atoms with Crippen LogP contribution in [0.3, 0.4) is 0 Å². The van der Waals surface area contributed by atoms with E-state index in [2.05, 4.69) is 32.2 Å². The van der Waals surface area contributed by atoms with E-state index in [4.69, 9.17) is 4.74 Å². The SMILES string of the molecule is CCNC1(CCO)CC(C)(C)Oc2ccccc21. The van der Waals surface area contributed by atoms with E-state index in [0.717, 1.165) is 18.7 Å². The number of para-hydroxylation sites is 1. The van der Waals surface area contributed by atoms with Gasteiger partial charge in [-0.15, -0.1) is 0 Å². The Balaban J connectivity index is 2.50. The molecule has 0 spiro atoms. The monoisotopic (exact) mass is 249 g/mol. The van der Waals surface area contributed by atoms with Crippen LogP contribution in [-0.4, -0.2) is 23.9 Å². The van der Waals surface area contributed by atoms with Crippen LogP contribution in [0.1, 0.15) is 39.2 Å². The lowest BCUT2D eigenvalue weighted by molar-refractivity contribution is 0.0237. The molecule has 2 rings (SSSR count). The molecule has 0 fully saturated rings. The first-order valence-corrected chi connectivity index (χ1v) is 6.67. The van der Waals surface area contributed by atoms with E-state index in [0.29, 0.717) is 6.42 Å². The first-order chi connectivity index (χ1) is 8.53. The maximum Gasteiger partial charge on any atom is 0.125 e. The molecule has 0 saturated carbocycles. The molecule has 3 nitrogen and oxygen atoms in total. The lowest BCUT2D eigenvalue weighted by Gasteiger charge is -2.46. The highest BCUT2D eigenvalue weighted by atomic mass is 16.5. The van der Waals surface area contributed by atoms with Gasteiger partial charge in [0.25, 0.3) is 0 Å². The fraction of sp³-hybridized carbons (Fsp3) is 0.600. The van der Waals surface area contributed by atoms with Gasteiger partial charge in [0.1, 0.15) is 11.4 Å². The average molecular weight is 249 g/mol. The number of aliphatic hydroxyl groups excluding tert-OH is 1. The Hall–Kier alpha value is -1.06. The molecule has 0 amide bonds. The number of fused-ring (bicyclic) bond motifs is 1. The highest BCUT2D eigenvalue weighted by Crippen LogP contribution is 2.45. The Morgan fingerprint density at radius 2 is 2.06 bits per heavy atom. The second-order valence-electron chi connectivity index (χ2n) is 5.62. The summed E-state index contributed by atoms with van der Waals surface area (Å²) in [5.74, 6) is 0.933. The molecule has 3 heteroatoms. The molecular weight excluding hydrogens is 226 g/mol. The minimum atomic E-state index is -0.217. The van der Waals surface area contributed by atoms with Crippen molar-refractivity contribution in [2.75, 3.05) is 13.2 Å². The molecule has 1 aliphatic heterocycles. The molecule has 100 valence electrons. The molecule has 1 aromatic rings. The molecule has 1 heterocycles. The Morgan fingerprint density at radius 3 is 2.72 bits per heavy atom. The standard InChI is InChI=1S/C15H23NO2/c1-4-16-15(9-10-17)11-14(2,3)18-13-8-6-5-7-12(13)15/h5-8,16-17H,4,9-11H2,1-3H3. The van der Waals surface area contributed by atoms with Crippen molar-refractivity contribution in [1.82, 2.24) is 5.32 Å². The summed E-state index contributed by atoms with van der Waals surface area (Å²) in [6.07, 6.45) is 1.58. The van der Waals surface area contributed by atoms with Crippen LogP contribution in [0, 0.1) is 0 Å². The third-order valence-corrected chi connectivity index (χ3v) is 3.57. The van der Waals surface area contributed by atoms with E-state index in [-0.39, 0.29) is 17.7 Å². The molecule has 0 aliphatic carbocycles. The highest BCUT2D eigenvalue weighted by molar-refractivity contribution is 5.42. The van der Waals surface area contributed by atoms with Crippen molar-refractivity contribution in [3.8, 4) is 5.75 Å². The summed E-state index contributed by atoms with van der Waals surface area (Å²) in [4.78, 5) is 0. The van der Waals surface area contributed by atoms with Crippen molar-refractivity contribution in [2.24, 2.45) is 0 Å². The molecule has 0 saturated heterocycles. The van der Waals surface area contributed by atoms with Gasteiger partial charge in [-0.3, -0.25) is 0 Å². The maximum absolute atomic E-state index is 9.43. The number of benzene rings is 1. The van der Waals surface area contributed by atoms with Crippen LogP contribution in [0.4, 0.5) is 0 Å². The van der Waals surface area contributed by atoms with Gasteiger partial charge in [-0.2, -0.15) is 0 Å². The predicted molar refractivity (Wildman–Crippen MR) is 72.8 cm³/mol. The quantitative estimate of drug-likeness (QED) is 0.861. The molecule has 1 atom stereocenters. The van der Waals surface area contributed by atoms with Crippen molar-refractivity contribution >= 4 is 0 Å². The van der Waals surface area contributed by atoms with Crippen molar-refractivity contribution in [2.45, 2.75) is 44.8 Å². The number of aliphatic hydroxyl groups is 1. The molecule has 0 aromatic heterocycles. The van der Waals surface area contributed by atoms with Gasteiger partial charge in [0.2, 0.25) is 0 Å². The molecule has 18 heavy (non-hydrogen) atoms. The smallest absolute Gasteiger partial charge is 0.125 e. The minimum absolute atomic E-state index is 0.178. The Labute approximate surface area is 109 Å². The lowest BCUT2D eigenvalue weighted by atomic mass is 9.75. The zero-order valence-electron chi connectivity index (χ0n) is 11.5. The summed E-state index contributed by atoms with van der Waals surface area (Å²) in [6.45, 7) is 7.37. The van der Waals surface area contributed by atoms with Gasteiger partial charge in [0.15, 0.2) is 0 Å². The number of hydrogen-bond donors (Lipinski definition) is 2. The van der Waals surface area contributed by atoms with Crippen LogP contribution < -0.4 is 10.1 Å². The minimum Gasteiger partial charge on any atom is -0.487 e. The van der Waals surface area contributed by atoms with Gasteiger partial charge < -0.3 is 15.2 Å². The van der Waals surface area contributed by atoms with E-state index in [1.165, 1.54) is 5.56 Å². The first kappa shape index (κ1) is 13.4. The first-order valence-electron chi connectivity index (χ1n) is 6.67. The topological polar surface area (TPSA) is 41.5 Å². The maximum atomic E-state index is 9.43. The van der Waals surface area contributed by atoms with E-state index in [9.17, 15) is 5.11 Å². The van der Waals surface area contributed by atoms with Crippen LogP contribution in [0.15, 0.2) is 24.3 Å². The van der Waals surface area contributed by atoms with Crippen LogP contribution in [-0.2, 0) is 5.54 Å². The van der Waals surface area contributed by atoms with Gasteiger partial charge in [0.05, 0.1) is 5.54 Å². The Bertz CT molecular complexity index is 409. The van der Waals surface area contributed by atoms with Gasteiger partial charge in [0, 0.05) is 18.6 Å². The van der Waals surface area contributed by atoms with Gasteiger partial charge in [-0.1, -0.05) is 25.1 Å². The van der Waals surface area contributed by atoms with Crippen molar-refractivity contribution < 1.29 is 9.84 Å². The Morgan fingerprint density at radius 1 is 1.33 bits per heavy atom. The lowest BCUT2D eigenvalue weighted by Crippen LogP contribution is -2.52. The summed E-state index contributed by atoms with van der Waals surface area (Å²) in [7, 11) is 0. The largest absolute Gasteiger partial charge is 0.487 e. The summed E-state index contributed by atoms with van der Waals surface area (Å²) in [6, 6.07) is 8.14. The second kappa shape index (κ2) is 4.90. The third-order valence-electron chi connectivity index (χ3n) is 3.57. The molecule has 1 unspecified atom stereocenters. The van der Waals surface area contributed by atoms with Crippen molar-refractivity contribution in [3.05, 3.63) is 29.8 Å². The predicted octanol–water partition coefficient (Wildman–Crippen LogP) is 2.43. The third kappa shape index (κ3) is 2.38. The van der Waals surface area contributed by atoms with E-state index in [1.807, 2.05) is 18.2 Å². The van der Waals surface area contributed by atoms with Gasteiger partial charge in [-0.05, 0) is 32.9 Å². The number of nitrogens with one attached hydrogen (secondary N) is 1. The Kier molecular flexibility index (Phi) is 3.64. The van der Waals surface area contributed by atoms with Gasteiger partial charge in [-0.25, -0.2) is 0 Å². The molecule has 2 N–H and O–H groups in total. The molecule has 0 radical (unpaired) electrons. The van der Waals surface area contributed by atoms with E-state index in [1.54, 1.807) is 0 Å². The molecule has 0 bridgehead atoms. The summed E-state index contributed by atoms with van der Waals surface area (Å²) in [5.41, 5.74) is 0.772. The van der Waals surface area contributed by atoms with Crippen LogP contribution in [0.25, 0.3) is 0 Å². The van der Waals surface area contributed by atoms with E-state index >= 15 is 0 Å². The van der Waals surface area contributed by atoms with Crippen LogP contribution in [0.2, 0.25) is 0 Å². The normalized spacial score (nSPS) is 25.3. The average Bonchev–Trinajstić information content (AvgIpc) is 2.28. The number of rotatable bonds is 4. The second-order valence-corrected chi connectivity index (χ2v) is 5.62. The number of ether oxygens (including phenoxy) is 1. The highest BCUT2D eigenvalue weighted by Gasteiger charge is 2.44. The summed E-state index contributed by atoms with van der Waals surface area (Å²) < 4.78 is 6.05. The molecule has 1 aromatic carbocycles.